The molecule has 23 heavy (non-hydrogen) atoms. The maximum atomic E-state index is 13.4. The van der Waals surface area contributed by atoms with Crippen LogP contribution in [0.1, 0.15) is 11.1 Å². The number of carbonyl (C=O) groups is 1. The number of halogens is 1. The number of hydrogen-bond acceptors (Lipinski definition) is 3. The number of carbonyl (C=O) groups excluding carboxylic acids is 1. The van der Waals surface area contributed by atoms with Crippen LogP contribution < -0.4 is 5.32 Å². The minimum absolute atomic E-state index is 0.0297. The van der Waals surface area contributed by atoms with Gasteiger partial charge in [-0.05, 0) is 30.7 Å². The van der Waals surface area contributed by atoms with E-state index in [1.807, 2.05) is 37.3 Å². The maximum absolute atomic E-state index is 13.4. The molecule has 0 bridgehead atoms. The first-order chi connectivity index (χ1) is 11.1. The van der Waals surface area contributed by atoms with Gasteiger partial charge in [-0.2, -0.15) is 11.8 Å². The van der Waals surface area contributed by atoms with E-state index >= 15 is 0 Å². The van der Waals surface area contributed by atoms with Gasteiger partial charge in [0.2, 0.25) is 5.91 Å². The van der Waals surface area contributed by atoms with Crippen molar-refractivity contribution in [3.63, 3.8) is 0 Å². The maximum Gasteiger partial charge on any atom is 0.230 e. The van der Waals surface area contributed by atoms with Crippen molar-refractivity contribution in [1.29, 1.82) is 0 Å². The Balaban J connectivity index is 1.58. The zero-order chi connectivity index (χ0) is 16.5. The monoisotopic (exact) mass is 349 g/mol. The van der Waals surface area contributed by atoms with Crippen LogP contribution in [0.15, 0.2) is 53.4 Å². The highest BCUT2D eigenvalue weighted by molar-refractivity contribution is 8.00. The van der Waals surface area contributed by atoms with Crippen molar-refractivity contribution in [2.45, 2.75) is 17.6 Å². The highest BCUT2D eigenvalue weighted by Gasteiger charge is 2.03. The Kier molecular flexibility index (Phi) is 7.49. The molecule has 0 atom stereocenters. The molecular weight excluding hydrogens is 329 g/mol. The van der Waals surface area contributed by atoms with E-state index in [0.717, 1.165) is 10.6 Å². The van der Waals surface area contributed by atoms with Gasteiger partial charge in [-0.15, -0.1) is 11.8 Å². The summed E-state index contributed by atoms with van der Waals surface area (Å²) in [5, 5.41) is 2.89. The van der Waals surface area contributed by atoms with Crippen molar-refractivity contribution < 1.29 is 9.18 Å². The molecule has 0 heterocycles. The van der Waals surface area contributed by atoms with Gasteiger partial charge in [0.05, 0.1) is 5.75 Å². The second kappa shape index (κ2) is 9.63. The minimum atomic E-state index is -0.168. The van der Waals surface area contributed by atoms with Crippen LogP contribution in [0, 0.1) is 12.7 Å². The van der Waals surface area contributed by atoms with E-state index in [4.69, 9.17) is 0 Å². The van der Waals surface area contributed by atoms with Gasteiger partial charge in [0.15, 0.2) is 0 Å². The Morgan fingerprint density at radius 3 is 2.61 bits per heavy atom. The molecule has 0 saturated carbocycles. The van der Waals surface area contributed by atoms with Crippen molar-refractivity contribution in [2.75, 3.05) is 18.1 Å². The molecule has 0 aliphatic rings. The van der Waals surface area contributed by atoms with Crippen LogP contribution in [0.4, 0.5) is 4.39 Å². The number of aryl methyl sites for hydroxylation is 1. The lowest BCUT2D eigenvalue weighted by atomic mass is 10.2. The van der Waals surface area contributed by atoms with E-state index in [-0.39, 0.29) is 11.7 Å². The quantitative estimate of drug-likeness (QED) is 0.570. The first kappa shape index (κ1) is 17.9. The van der Waals surface area contributed by atoms with Gasteiger partial charge in [0.1, 0.15) is 5.82 Å². The van der Waals surface area contributed by atoms with Crippen LogP contribution in [0.2, 0.25) is 0 Å². The summed E-state index contributed by atoms with van der Waals surface area (Å²) in [4.78, 5) is 12.9. The molecule has 1 amide bonds. The fraction of sp³-hybridized carbons (Fsp3) is 0.278. The summed E-state index contributed by atoms with van der Waals surface area (Å²) in [7, 11) is 0. The summed E-state index contributed by atoms with van der Waals surface area (Å²) in [6.07, 6.45) is 0. The molecule has 0 saturated heterocycles. The zero-order valence-electron chi connectivity index (χ0n) is 13.0. The molecule has 0 radical (unpaired) electrons. The lowest BCUT2D eigenvalue weighted by Crippen LogP contribution is -2.27. The first-order valence-corrected chi connectivity index (χ1v) is 9.56. The number of rotatable bonds is 8. The topological polar surface area (TPSA) is 29.1 Å². The van der Waals surface area contributed by atoms with Gasteiger partial charge in [0, 0.05) is 22.9 Å². The summed E-state index contributed by atoms with van der Waals surface area (Å²) in [5.41, 5.74) is 1.92. The van der Waals surface area contributed by atoms with Gasteiger partial charge in [-0.25, -0.2) is 4.39 Å². The van der Waals surface area contributed by atoms with Crippen LogP contribution in [0.3, 0.4) is 0 Å². The number of hydrogen-bond donors (Lipinski definition) is 1. The van der Waals surface area contributed by atoms with Crippen LogP contribution in [0.5, 0.6) is 0 Å². The fourth-order valence-corrected chi connectivity index (χ4v) is 3.47. The van der Waals surface area contributed by atoms with Gasteiger partial charge < -0.3 is 5.32 Å². The Labute approximate surface area is 145 Å². The molecule has 0 unspecified atom stereocenters. The van der Waals surface area contributed by atoms with Crippen molar-refractivity contribution >= 4 is 29.4 Å². The Hall–Kier alpha value is -1.46. The van der Waals surface area contributed by atoms with Crippen molar-refractivity contribution in [3.05, 3.63) is 65.5 Å². The van der Waals surface area contributed by atoms with E-state index in [1.54, 1.807) is 23.9 Å². The molecular formula is C18H20FNOS2. The van der Waals surface area contributed by atoms with Crippen molar-refractivity contribution in [2.24, 2.45) is 0 Å². The number of benzene rings is 2. The summed E-state index contributed by atoms with van der Waals surface area (Å²) < 4.78 is 13.4. The molecule has 122 valence electrons. The number of amides is 1. The van der Waals surface area contributed by atoms with E-state index in [2.05, 4.69) is 5.32 Å². The molecule has 2 aromatic rings. The third-order valence-electron chi connectivity index (χ3n) is 3.17. The lowest BCUT2D eigenvalue weighted by molar-refractivity contribution is -0.118. The Morgan fingerprint density at radius 1 is 1.13 bits per heavy atom. The second-order valence-corrected chi connectivity index (χ2v) is 7.25. The van der Waals surface area contributed by atoms with E-state index in [1.165, 1.54) is 23.4 Å². The van der Waals surface area contributed by atoms with E-state index < -0.39 is 0 Å². The van der Waals surface area contributed by atoms with Gasteiger partial charge in [-0.3, -0.25) is 4.79 Å². The van der Waals surface area contributed by atoms with Crippen molar-refractivity contribution in [1.82, 2.24) is 5.32 Å². The van der Waals surface area contributed by atoms with Gasteiger partial charge in [0.25, 0.3) is 0 Å². The summed E-state index contributed by atoms with van der Waals surface area (Å²) in [5.74, 6) is 1.68. The highest BCUT2D eigenvalue weighted by atomic mass is 32.2. The highest BCUT2D eigenvalue weighted by Crippen LogP contribution is 2.18. The first-order valence-electron chi connectivity index (χ1n) is 7.42. The minimum Gasteiger partial charge on any atom is -0.355 e. The molecule has 5 heteroatoms. The molecule has 0 spiro atoms. The summed E-state index contributed by atoms with van der Waals surface area (Å²) >= 11 is 3.15. The number of nitrogens with one attached hydrogen (secondary N) is 1. The van der Waals surface area contributed by atoms with Crippen LogP contribution in [0.25, 0.3) is 0 Å². The smallest absolute Gasteiger partial charge is 0.230 e. The average Bonchev–Trinajstić information content (AvgIpc) is 2.55. The van der Waals surface area contributed by atoms with Crippen molar-refractivity contribution in [3.8, 4) is 0 Å². The summed E-state index contributed by atoms with van der Waals surface area (Å²) in [6.45, 7) is 2.65. The Morgan fingerprint density at radius 2 is 1.87 bits per heavy atom. The summed E-state index contributed by atoms with van der Waals surface area (Å²) in [6, 6.07) is 14.9. The zero-order valence-corrected chi connectivity index (χ0v) is 14.7. The lowest BCUT2D eigenvalue weighted by Gasteiger charge is -2.06. The largest absolute Gasteiger partial charge is 0.355 e. The standard InChI is InChI=1S/C18H20FNOS2/c1-14-6-8-16(9-7-14)23-13-18(21)20-10-11-22-12-15-4-2-3-5-17(15)19/h2-9H,10-13H2,1H3,(H,20,21). The van der Waals surface area contributed by atoms with Crippen LogP contribution >= 0.6 is 23.5 Å². The second-order valence-electron chi connectivity index (χ2n) is 5.10. The van der Waals surface area contributed by atoms with Gasteiger partial charge >= 0.3 is 0 Å². The molecule has 1 N–H and O–H groups in total. The van der Waals surface area contributed by atoms with E-state index in [0.29, 0.717) is 23.6 Å². The normalized spacial score (nSPS) is 10.5. The molecule has 0 aromatic heterocycles. The third kappa shape index (κ3) is 6.67. The Bertz CT molecular complexity index is 631. The molecule has 2 rings (SSSR count). The SMILES string of the molecule is Cc1ccc(SCC(=O)NCCSCc2ccccc2F)cc1. The van der Waals surface area contributed by atoms with Crippen LogP contribution in [-0.4, -0.2) is 24.0 Å². The van der Waals surface area contributed by atoms with Gasteiger partial charge in [-0.1, -0.05) is 35.9 Å². The number of thioether (sulfide) groups is 2. The predicted octanol–water partition coefficient (Wildman–Crippen LogP) is 4.28. The molecule has 2 nitrogen and oxygen atoms in total. The third-order valence-corrected chi connectivity index (χ3v) is 5.19. The average molecular weight is 349 g/mol. The molecule has 0 aliphatic carbocycles. The predicted molar refractivity (Wildman–Crippen MR) is 97.5 cm³/mol. The molecule has 0 aliphatic heterocycles. The fourth-order valence-electron chi connectivity index (χ4n) is 1.89. The van der Waals surface area contributed by atoms with Crippen LogP contribution in [-0.2, 0) is 10.5 Å². The molecule has 0 fully saturated rings. The van der Waals surface area contributed by atoms with E-state index in [9.17, 15) is 9.18 Å². The molecule has 2 aromatic carbocycles.